The fraction of sp³-hybridized carbons (Fsp3) is 0.417. The highest BCUT2D eigenvalue weighted by molar-refractivity contribution is 5.66. The van der Waals surface area contributed by atoms with Crippen molar-refractivity contribution in [3.63, 3.8) is 0 Å². The predicted octanol–water partition coefficient (Wildman–Crippen LogP) is 1.26. The number of carbonyl (C=O) groups excluding carboxylic acids is 1. The average Bonchev–Trinajstić information content (AvgIpc) is 2.44. The number of nitrogens with one attached hydrogen (secondary N) is 2. The molecule has 0 fully saturated rings. The monoisotopic (exact) mass is 283 g/mol. The first kappa shape index (κ1) is 15.7. The summed E-state index contributed by atoms with van der Waals surface area (Å²) in [5.74, 6) is 0.619. The van der Waals surface area contributed by atoms with Gasteiger partial charge in [-0.1, -0.05) is 0 Å². The van der Waals surface area contributed by atoms with E-state index in [1.54, 1.807) is 31.2 Å². The molecule has 0 radical (unpaired) electrons. The summed E-state index contributed by atoms with van der Waals surface area (Å²) in [7, 11) is 1.52. The van der Waals surface area contributed by atoms with E-state index in [-0.39, 0.29) is 13.2 Å². The maximum atomic E-state index is 11.0. The Morgan fingerprint density at radius 2 is 2.05 bits per heavy atom. The molecular weight excluding hydrogens is 266 g/mol. The van der Waals surface area contributed by atoms with Crippen molar-refractivity contribution < 1.29 is 19.2 Å². The van der Waals surface area contributed by atoms with Gasteiger partial charge < -0.3 is 9.47 Å². The minimum absolute atomic E-state index is 0.0574. The maximum Gasteiger partial charge on any atom is 0.421 e. The average molecular weight is 283 g/mol. The lowest BCUT2D eigenvalue weighted by atomic mass is 10.1. The molecule has 20 heavy (non-hydrogen) atoms. The molecule has 110 valence electrons. The maximum absolute atomic E-state index is 11.0. The first-order chi connectivity index (χ1) is 9.58. The second-order valence-electron chi connectivity index (χ2n) is 3.80. The van der Waals surface area contributed by atoms with Crippen LogP contribution in [0.25, 0.3) is 0 Å². The molecular formula is C12H17N3O5. The number of methoxy groups -OCH3 is 1. The summed E-state index contributed by atoms with van der Waals surface area (Å²) in [6.45, 7) is 1.83. The third-order valence-corrected chi connectivity index (χ3v) is 2.52. The largest absolute Gasteiger partial charge is 0.497 e. The first-order valence-electron chi connectivity index (χ1n) is 6.01. The van der Waals surface area contributed by atoms with Gasteiger partial charge in [0.1, 0.15) is 5.75 Å². The number of hydrogen-bond donors (Lipinski definition) is 2. The third kappa shape index (κ3) is 4.73. The van der Waals surface area contributed by atoms with Crippen LogP contribution in [0.4, 0.5) is 4.79 Å². The Kier molecular flexibility index (Phi) is 6.24. The van der Waals surface area contributed by atoms with Crippen molar-refractivity contribution in [2.75, 3.05) is 20.3 Å². The summed E-state index contributed by atoms with van der Waals surface area (Å²) in [5.41, 5.74) is 5.21. The summed E-state index contributed by atoms with van der Waals surface area (Å²) < 4.78 is 9.61. The van der Waals surface area contributed by atoms with Crippen LogP contribution in [0, 0.1) is 10.1 Å². The van der Waals surface area contributed by atoms with Crippen molar-refractivity contribution in [3.05, 3.63) is 39.9 Å². The normalized spacial score (nSPS) is 11.5. The van der Waals surface area contributed by atoms with Crippen molar-refractivity contribution >= 4 is 6.09 Å². The summed E-state index contributed by atoms with van der Waals surface area (Å²) >= 11 is 0. The van der Waals surface area contributed by atoms with E-state index < -0.39 is 17.1 Å². The van der Waals surface area contributed by atoms with Gasteiger partial charge in [0.05, 0.1) is 20.3 Å². The molecule has 1 aromatic carbocycles. The fourth-order valence-corrected chi connectivity index (χ4v) is 1.53. The van der Waals surface area contributed by atoms with Crippen molar-refractivity contribution in [1.82, 2.24) is 10.9 Å². The van der Waals surface area contributed by atoms with E-state index in [2.05, 4.69) is 15.6 Å². The minimum Gasteiger partial charge on any atom is -0.497 e. The topological polar surface area (TPSA) is 103 Å². The molecule has 0 heterocycles. The predicted molar refractivity (Wildman–Crippen MR) is 70.9 cm³/mol. The van der Waals surface area contributed by atoms with Gasteiger partial charge in [0.25, 0.3) is 6.04 Å². The second kappa shape index (κ2) is 7.95. The SMILES string of the molecule is CCOC(=O)NNCC(c1ccc(OC)cc1)[N+](=O)[O-]. The molecule has 8 heteroatoms. The van der Waals surface area contributed by atoms with Crippen LogP contribution < -0.4 is 15.6 Å². The molecule has 0 aliphatic heterocycles. The van der Waals surface area contributed by atoms with Gasteiger partial charge in [0.15, 0.2) is 0 Å². The van der Waals surface area contributed by atoms with Crippen LogP contribution in [0.15, 0.2) is 24.3 Å². The molecule has 1 aromatic rings. The van der Waals surface area contributed by atoms with E-state index in [9.17, 15) is 14.9 Å². The lowest BCUT2D eigenvalue weighted by Crippen LogP contribution is -2.41. The number of ether oxygens (including phenoxy) is 2. The van der Waals surface area contributed by atoms with Gasteiger partial charge in [0.2, 0.25) is 0 Å². The zero-order valence-electron chi connectivity index (χ0n) is 11.3. The lowest BCUT2D eigenvalue weighted by Gasteiger charge is -2.12. The number of hydrazine groups is 1. The molecule has 0 saturated carbocycles. The van der Waals surface area contributed by atoms with Crippen LogP contribution in [-0.4, -0.2) is 31.3 Å². The van der Waals surface area contributed by atoms with Crippen LogP contribution in [-0.2, 0) is 4.74 Å². The molecule has 0 bridgehead atoms. The number of rotatable bonds is 7. The number of amides is 1. The van der Waals surface area contributed by atoms with Gasteiger partial charge in [0, 0.05) is 10.5 Å². The van der Waals surface area contributed by atoms with E-state index in [0.717, 1.165) is 0 Å². The molecule has 1 atom stereocenters. The van der Waals surface area contributed by atoms with Gasteiger partial charge >= 0.3 is 6.09 Å². The van der Waals surface area contributed by atoms with Crippen LogP contribution in [0.2, 0.25) is 0 Å². The minimum atomic E-state index is -0.983. The van der Waals surface area contributed by atoms with E-state index in [0.29, 0.717) is 11.3 Å². The Balaban J connectivity index is 2.60. The van der Waals surface area contributed by atoms with Crippen LogP contribution >= 0.6 is 0 Å². The lowest BCUT2D eigenvalue weighted by molar-refractivity contribution is -0.527. The summed E-state index contributed by atoms with van der Waals surface area (Å²) in [4.78, 5) is 21.6. The van der Waals surface area contributed by atoms with E-state index in [1.165, 1.54) is 7.11 Å². The highest BCUT2D eigenvalue weighted by atomic mass is 16.6. The van der Waals surface area contributed by atoms with Crippen molar-refractivity contribution in [3.8, 4) is 5.75 Å². The Hall–Kier alpha value is -2.35. The Bertz CT molecular complexity index is 449. The smallest absolute Gasteiger partial charge is 0.421 e. The molecule has 0 aliphatic rings. The molecule has 0 aliphatic carbocycles. The fourth-order valence-electron chi connectivity index (χ4n) is 1.53. The number of benzene rings is 1. The summed E-state index contributed by atoms with van der Waals surface area (Å²) in [6.07, 6.45) is -0.677. The molecule has 0 aromatic heterocycles. The highest BCUT2D eigenvalue weighted by Crippen LogP contribution is 2.19. The van der Waals surface area contributed by atoms with Gasteiger partial charge in [-0.2, -0.15) is 0 Å². The molecule has 1 unspecified atom stereocenters. The van der Waals surface area contributed by atoms with E-state index in [1.807, 2.05) is 0 Å². The Morgan fingerprint density at radius 3 is 2.55 bits per heavy atom. The summed E-state index contributed by atoms with van der Waals surface area (Å²) in [5, 5.41) is 11.0. The van der Waals surface area contributed by atoms with Crippen molar-refractivity contribution in [1.29, 1.82) is 0 Å². The van der Waals surface area contributed by atoms with Crippen molar-refractivity contribution in [2.45, 2.75) is 13.0 Å². The number of nitrogens with zero attached hydrogens (tertiary/aromatic N) is 1. The molecule has 8 nitrogen and oxygen atoms in total. The Morgan fingerprint density at radius 1 is 1.40 bits per heavy atom. The van der Waals surface area contributed by atoms with Gasteiger partial charge in [-0.3, -0.25) is 15.5 Å². The van der Waals surface area contributed by atoms with Gasteiger partial charge in [-0.05, 0) is 31.2 Å². The Labute approximate surface area is 116 Å². The van der Waals surface area contributed by atoms with Crippen LogP contribution in [0.5, 0.6) is 5.75 Å². The van der Waals surface area contributed by atoms with Crippen LogP contribution in [0.3, 0.4) is 0 Å². The van der Waals surface area contributed by atoms with Crippen LogP contribution in [0.1, 0.15) is 18.5 Å². The zero-order valence-corrected chi connectivity index (χ0v) is 11.3. The number of carbonyl (C=O) groups is 1. The molecule has 0 spiro atoms. The van der Waals surface area contributed by atoms with Gasteiger partial charge in [-0.15, -0.1) is 0 Å². The third-order valence-electron chi connectivity index (χ3n) is 2.52. The van der Waals surface area contributed by atoms with Crippen molar-refractivity contribution in [2.24, 2.45) is 0 Å². The number of hydrogen-bond acceptors (Lipinski definition) is 6. The second-order valence-corrected chi connectivity index (χ2v) is 3.80. The van der Waals surface area contributed by atoms with E-state index >= 15 is 0 Å². The quantitative estimate of drug-likeness (QED) is 0.577. The molecule has 1 amide bonds. The van der Waals surface area contributed by atoms with E-state index in [4.69, 9.17) is 4.74 Å². The standard InChI is InChI=1S/C12H17N3O5/c1-3-20-12(16)14-13-8-11(15(17)18)9-4-6-10(19-2)7-5-9/h4-7,11,13H,3,8H2,1-2H3,(H,14,16). The molecule has 1 rings (SSSR count). The highest BCUT2D eigenvalue weighted by Gasteiger charge is 2.22. The zero-order chi connectivity index (χ0) is 15.0. The molecule has 2 N–H and O–H groups in total. The molecule has 0 saturated heterocycles. The number of nitro groups is 1. The van der Waals surface area contributed by atoms with Gasteiger partial charge in [-0.25, -0.2) is 10.2 Å². The first-order valence-corrected chi connectivity index (χ1v) is 6.01. The summed E-state index contributed by atoms with van der Waals surface area (Å²) in [6, 6.07) is 5.52.